The molecule has 0 spiro atoms. The van der Waals surface area contributed by atoms with Crippen molar-refractivity contribution < 1.29 is 4.79 Å². The van der Waals surface area contributed by atoms with E-state index in [0.29, 0.717) is 17.9 Å². The van der Waals surface area contributed by atoms with Crippen LogP contribution < -0.4 is 0 Å². The summed E-state index contributed by atoms with van der Waals surface area (Å²) in [7, 11) is 0. The van der Waals surface area contributed by atoms with Gasteiger partial charge in [0.1, 0.15) is 0 Å². The first kappa shape index (κ1) is 14.3. The predicted molar refractivity (Wildman–Crippen MR) is 85.7 cm³/mol. The van der Waals surface area contributed by atoms with Crippen LogP contribution in [-0.4, -0.2) is 36.2 Å². The molecule has 0 radical (unpaired) electrons. The van der Waals surface area contributed by atoms with Crippen molar-refractivity contribution in [3.05, 3.63) is 35.9 Å². The highest BCUT2D eigenvalue weighted by molar-refractivity contribution is 5.92. The SMILES string of the molecule is CCN(CC)C(=O)[C@@]1(c2ccccc2)C[C@H]1[C@@H]1CCC=N1. The second-order valence-electron chi connectivity index (χ2n) is 6.10. The van der Waals surface area contributed by atoms with Gasteiger partial charge in [0.25, 0.3) is 0 Å². The lowest BCUT2D eigenvalue weighted by atomic mass is 9.88. The normalized spacial score (nSPS) is 30.4. The molecule has 0 unspecified atom stereocenters. The summed E-state index contributed by atoms with van der Waals surface area (Å²) in [5.74, 6) is 0.678. The van der Waals surface area contributed by atoms with E-state index in [1.165, 1.54) is 5.56 Å². The molecule has 2 aliphatic rings. The maximum atomic E-state index is 13.1. The van der Waals surface area contributed by atoms with E-state index < -0.39 is 0 Å². The van der Waals surface area contributed by atoms with E-state index in [2.05, 4.69) is 31.0 Å². The second kappa shape index (κ2) is 5.63. The van der Waals surface area contributed by atoms with Crippen LogP contribution in [0.3, 0.4) is 0 Å². The zero-order valence-electron chi connectivity index (χ0n) is 13.0. The molecule has 1 heterocycles. The highest BCUT2D eigenvalue weighted by Crippen LogP contribution is 2.58. The van der Waals surface area contributed by atoms with E-state index in [-0.39, 0.29) is 5.41 Å². The van der Waals surface area contributed by atoms with Gasteiger partial charge < -0.3 is 4.90 Å². The third-order valence-corrected chi connectivity index (χ3v) is 5.09. The molecule has 0 N–H and O–H groups in total. The van der Waals surface area contributed by atoms with Gasteiger partial charge in [-0.05, 0) is 44.9 Å². The first-order valence-corrected chi connectivity index (χ1v) is 8.10. The molecular weight excluding hydrogens is 260 g/mol. The summed E-state index contributed by atoms with van der Waals surface area (Å²) in [6.07, 6.45) is 5.14. The van der Waals surface area contributed by atoms with Crippen molar-refractivity contribution in [2.75, 3.05) is 13.1 Å². The van der Waals surface area contributed by atoms with Gasteiger partial charge in [-0.25, -0.2) is 0 Å². The van der Waals surface area contributed by atoms with Crippen molar-refractivity contribution in [2.24, 2.45) is 10.9 Å². The largest absolute Gasteiger partial charge is 0.342 e. The van der Waals surface area contributed by atoms with Crippen molar-refractivity contribution in [1.29, 1.82) is 0 Å². The topological polar surface area (TPSA) is 32.7 Å². The van der Waals surface area contributed by atoms with Crippen LogP contribution in [0.15, 0.2) is 35.3 Å². The van der Waals surface area contributed by atoms with Crippen LogP contribution >= 0.6 is 0 Å². The van der Waals surface area contributed by atoms with Crippen molar-refractivity contribution in [3.8, 4) is 0 Å². The van der Waals surface area contributed by atoms with E-state index in [1.807, 2.05) is 29.3 Å². The van der Waals surface area contributed by atoms with Gasteiger partial charge in [-0.2, -0.15) is 0 Å². The zero-order chi connectivity index (χ0) is 14.9. The number of hydrogen-bond donors (Lipinski definition) is 0. The molecule has 1 aromatic carbocycles. The first-order chi connectivity index (χ1) is 10.2. The highest BCUT2D eigenvalue weighted by atomic mass is 16.2. The summed E-state index contributed by atoms with van der Waals surface area (Å²) in [5.41, 5.74) is 0.855. The van der Waals surface area contributed by atoms with Gasteiger partial charge in [-0.15, -0.1) is 0 Å². The molecule has 0 aromatic heterocycles. The molecular formula is C18H24N2O. The van der Waals surface area contributed by atoms with Crippen LogP contribution in [0.5, 0.6) is 0 Å². The number of carbonyl (C=O) groups is 1. The summed E-state index contributed by atoms with van der Waals surface area (Å²) in [5, 5.41) is 0. The number of hydrogen-bond acceptors (Lipinski definition) is 2. The van der Waals surface area contributed by atoms with Crippen LogP contribution in [0.1, 0.15) is 38.7 Å². The molecule has 3 heteroatoms. The molecule has 1 aliphatic heterocycles. The van der Waals surface area contributed by atoms with Crippen molar-refractivity contribution in [2.45, 2.75) is 44.6 Å². The molecule has 1 aromatic rings. The molecule has 0 saturated heterocycles. The monoisotopic (exact) mass is 284 g/mol. The maximum Gasteiger partial charge on any atom is 0.233 e. The Balaban J connectivity index is 1.94. The maximum absolute atomic E-state index is 13.1. The van der Waals surface area contributed by atoms with Crippen molar-refractivity contribution >= 4 is 12.1 Å². The minimum atomic E-state index is -0.320. The number of likely N-dealkylation sites (N-methyl/N-ethyl adjacent to an activating group) is 1. The number of amides is 1. The van der Waals surface area contributed by atoms with Gasteiger partial charge in [0, 0.05) is 19.0 Å². The lowest BCUT2D eigenvalue weighted by Crippen LogP contribution is -2.41. The lowest BCUT2D eigenvalue weighted by molar-refractivity contribution is -0.134. The van der Waals surface area contributed by atoms with Crippen LogP contribution in [0.4, 0.5) is 0 Å². The summed E-state index contributed by atoms with van der Waals surface area (Å²) in [6, 6.07) is 10.7. The molecule has 3 rings (SSSR count). The van der Waals surface area contributed by atoms with Crippen LogP contribution in [-0.2, 0) is 10.2 Å². The first-order valence-electron chi connectivity index (χ1n) is 8.10. The smallest absolute Gasteiger partial charge is 0.233 e. The standard InChI is InChI=1S/C18H24N2O/c1-3-20(4-2)17(21)18(14-9-6-5-7-10-14)13-15(18)16-11-8-12-19-16/h5-7,9-10,12,15-16H,3-4,8,11,13H2,1-2H3/t15-,16-,18+/m0/s1. The van der Waals surface area contributed by atoms with Crippen molar-refractivity contribution in [3.63, 3.8) is 0 Å². The Morgan fingerprint density at radius 1 is 1.29 bits per heavy atom. The van der Waals surface area contributed by atoms with Crippen molar-refractivity contribution in [1.82, 2.24) is 4.90 Å². The third kappa shape index (κ3) is 2.29. The summed E-state index contributed by atoms with van der Waals surface area (Å²) < 4.78 is 0. The average molecular weight is 284 g/mol. The van der Waals surface area contributed by atoms with Gasteiger partial charge in [-0.3, -0.25) is 9.79 Å². The number of aliphatic imine (C=N–C) groups is 1. The Labute approximate surface area is 127 Å². The van der Waals surface area contributed by atoms with Crippen LogP contribution in [0.25, 0.3) is 0 Å². The fraction of sp³-hybridized carbons (Fsp3) is 0.556. The van der Waals surface area contributed by atoms with E-state index in [0.717, 1.165) is 32.4 Å². The lowest BCUT2D eigenvalue weighted by Gasteiger charge is -2.27. The quantitative estimate of drug-likeness (QED) is 0.818. The average Bonchev–Trinajstić information content (AvgIpc) is 3.06. The van der Waals surface area contributed by atoms with Gasteiger partial charge in [0.05, 0.1) is 11.5 Å². The molecule has 3 atom stereocenters. The van der Waals surface area contributed by atoms with E-state index >= 15 is 0 Å². The van der Waals surface area contributed by atoms with E-state index in [9.17, 15) is 4.79 Å². The molecule has 3 nitrogen and oxygen atoms in total. The van der Waals surface area contributed by atoms with E-state index in [4.69, 9.17) is 0 Å². The molecule has 21 heavy (non-hydrogen) atoms. The second-order valence-corrected chi connectivity index (χ2v) is 6.10. The summed E-state index contributed by atoms with van der Waals surface area (Å²) in [6.45, 7) is 5.69. The summed E-state index contributed by atoms with van der Waals surface area (Å²) in [4.78, 5) is 19.7. The van der Waals surface area contributed by atoms with Gasteiger partial charge in [0.2, 0.25) is 5.91 Å². The number of rotatable bonds is 5. The van der Waals surface area contributed by atoms with Gasteiger partial charge in [-0.1, -0.05) is 30.3 Å². The molecule has 1 amide bonds. The van der Waals surface area contributed by atoms with Gasteiger partial charge >= 0.3 is 0 Å². The zero-order valence-corrected chi connectivity index (χ0v) is 13.0. The van der Waals surface area contributed by atoms with Crippen LogP contribution in [0.2, 0.25) is 0 Å². The third-order valence-electron chi connectivity index (χ3n) is 5.09. The Kier molecular flexibility index (Phi) is 3.83. The number of nitrogens with zero attached hydrogens (tertiary/aromatic N) is 2. The highest BCUT2D eigenvalue weighted by Gasteiger charge is 2.64. The fourth-order valence-corrected chi connectivity index (χ4v) is 3.82. The Morgan fingerprint density at radius 3 is 2.57 bits per heavy atom. The fourth-order valence-electron chi connectivity index (χ4n) is 3.82. The Hall–Kier alpha value is -1.64. The molecule has 112 valence electrons. The van der Waals surface area contributed by atoms with Gasteiger partial charge in [0.15, 0.2) is 0 Å². The molecule has 1 fully saturated rings. The molecule has 1 saturated carbocycles. The Morgan fingerprint density at radius 2 is 2.00 bits per heavy atom. The minimum Gasteiger partial charge on any atom is -0.342 e. The molecule has 0 bridgehead atoms. The number of carbonyl (C=O) groups excluding carboxylic acids is 1. The predicted octanol–water partition coefficient (Wildman–Crippen LogP) is 3.05. The summed E-state index contributed by atoms with van der Waals surface area (Å²) >= 11 is 0. The van der Waals surface area contributed by atoms with Crippen LogP contribution in [0, 0.1) is 5.92 Å². The Bertz CT molecular complexity index is 535. The minimum absolute atomic E-state index is 0.297. The number of benzene rings is 1. The van der Waals surface area contributed by atoms with E-state index in [1.54, 1.807) is 0 Å². The molecule has 1 aliphatic carbocycles.